The van der Waals surface area contributed by atoms with Crippen LogP contribution in [0.4, 0.5) is 0 Å². The van der Waals surface area contributed by atoms with Crippen LogP contribution in [-0.4, -0.2) is 4.57 Å². The fraction of sp³-hybridized carbons (Fsp3) is 0. The minimum Gasteiger partial charge on any atom is -0.309 e. The summed E-state index contributed by atoms with van der Waals surface area (Å²) >= 11 is 1.70. The highest BCUT2D eigenvalue weighted by molar-refractivity contribution is 7.25. The van der Waals surface area contributed by atoms with Gasteiger partial charge in [0, 0.05) is 36.5 Å². The van der Waals surface area contributed by atoms with Gasteiger partial charge in [0.25, 0.3) is 0 Å². The lowest BCUT2D eigenvalue weighted by atomic mass is 9.96. The lowest BCUT2D eigenvalue weighted by molar-refractivity contribution is 1.18. The van der Waals surface area contributed by atoms with Crippen LogP contribution < -0.4 is 0 Å². The second kappa shape index (κ2) is 8.32. The second-order valence-corrected chi connectivity index (χ2v) is 10.2. The van der Waals surface area contributed by atoms with E-state index in [1.54, 1.807) is 11.3 Å². The molecule has 0 aliphatic rings. The van der Waals surface area contributed by atoms with E-state index in [2.05, 4.69) is 53.1 Å². The Hall–Kier alpha value is -5.41. The number of benzene rings is 5. The number of hydrogen-bond acceptors (Lipinski definition) is 4. The number of nitrogens with zero attached hydrogens (tertiary/aromatic N) is 4. The molecule has 5 heteroatoms. The van der Waals surface area contributed by atoms with Crippen LogP contribution in [0.2, 0.25) is 0 Å². The second-order valence-electron chi connectivity index (χ2n) is 9.14. The topological polar surface area (TPSA) is 76.3 Å². The van der Waals surface area contributed by atoms with Gasteiger partial charge in [0.15, 0.2) is 0 Å². The highest BCUT2D eigenvalue weighted by Gasteiger charge is 2.19. The Balaban J connectivity index is 1.57. The Morgan fingerprint density at radius 1 is 0.553 bits per heavy atom. The third-order valence-corrected chi connectivity index (χ3v) is 8.24. The summed E-state index contributed by atoms with van der Waals surface area (Å²) in [5.74, 6) is 0. The highest BCUT2D eigenvalue weighted by Crippen LogP contribution is 2.41. The summed E-state index contributed by atoms with van der Waals surface area (Å²) in [6, 6.07) is 38.7. The van der Waals surface area contributed by atoms with Gasteiger partial charge in [-0.1, -0.05) is 30.3 Å². The molecule has 0 radical (unpaired) electrons. The maximum atomic E-state index is 10.2. The van der Waals surface area contributed by atoms with Gasteiger partial charge >= 0.3 is 0 Å². The monoisotopic (exact) mass is 500 g/mol. The zero-order chi connectivity index (χ0) is 25.8. The van der Waals surface area contributed by atoms with Crippen LogP contribution in [0.3, 0.4) is 0 Å². The Morgan fingerprint density at radius 2 is 1.24 bits per heavy atom. The van der Waals surface area contributed by atoms with E-state index in [1.807, 2.05) is 66.7 Å². The summed E-state index contributed by atoms with van der Waals surface area (Å²) in [6.07, 6.45) is 0. The number of fused-ring (bicyclic) bond motifs is 6. The maximum absolute atomic E-state index is 10.2. The molecule has 4 nitrogen and oxygen atoms in total. The molecule has 7 rings (SSSR count). The van der Waals surface area contributed by atoms with Gasteiger partial charge in [-0.15, -0.1) is 11.3 Å². The molecular formula is C33H16N4S. The minimum atomic E-state index is 0.582. The molecule has 0 N–H and O–H groups in total. The van der Waals surface area contributed by atoms with E-state index >= 15 is 0 Å². The van der Waals surface area contributed by atoms with Crippen LogP contribution in [0.1, 0.15) is 16.7 Å². The molecule has 0 saturated heterocycles. The lowest BCUT2D eigenvalue weighted by Gasteiger charge is -2.15. The Kier molecular flexibility index (Phi) is 4.78. The molecule has 0 amide bonds. The lowest BCUT2D eigenvalue weighted by Crippen LogP contribution is -1.99. The standard InChI is InChI=1S/C33H16N4S/c34-17-20-8-11-29-25(14-20)24-5-1-2-6-28(24)37(29)30-7-3-4-23(19-36)33(30)22-10-13-32-27(16-22)26-15-21(18-35)9-12-31(26)38-32/h1-16H. The maximum Gasteiger partial charge on any atom is 0.0998 e. The van der Waals surface area contributed by atoms with Crippen molar-refractivity contribution in [2.24, 2.45) is 0 Å². The van der Waals surface area contributed by atoms with Crippen molar-refractivity contribution in [3.05, 3.63) is 114 Å². The van der Waals surface area contributed by atoms with Crippen LogP contribution in [0.25, 0.3) is 58.8 Å². The molecule has 2 heterocycles. The van der Waals surface area contributed by atoms with Gasteiger partial charge in [-0.05, 0) is 72.3 Å². The molecule has 5 aromatic carbocycles. The highest BCUT2D eigenvalue weighted by atomic mass is 32.1. The Morgan fingerprint density at radius 3 is 2.03 bits per heavy atom. The van der Waals surface area contributed by atoms with Crippen molar-refractivity contribution in [3.63, 3.8) is 0 Å². The zero-order valence-corrected chi connectivity index (χ0v) is 20.8. The molecule has 0 aliphatic heterocycles. The molecule has 0 atom stereocenters. The van der Waals surface area contributed by atoms with Crippen molar-refractivity contribution in [3.8, 4) is 35.0 Å². The van der Waals surface area contributed by atoms with Crippen LogP contribution in [-0.2, 0) is 0 Å². The number of para-hydroxylation sites is 1. The first-order valence-corrected chi connectivity index (χ1v) is 12.9. The molecule has 0 spiro atoms. The summed E-state index contributed by atoms with van der Waals surface area (Å²) in [4.78, 5) is 0. The predicted molar refractivity (Wildman–Crippen MR) is 153 cm³/mol. The van der Waals surface area contributed by atoms with Gasteiger partial charge in [0.1, 0.15) is 0 Å². The van der Waals surface area contributed by atoms with Crippen molar-refractivity contribution in [2.75, 3.05) is 0 Å². The molecule has 0 fully saturated rings. The van der Waals surface area contributed by atoms with Gasteiger partial charge in [-0.3, -0.25) is 0 Å². The largest absolute Gasteiger partial charge is 0.309 e. The molecule has 0 aliphatic carbocycles. The average molecular weight is 501 g/mol. The van der Waals surface area contributed by atoms with Crippen LogP contribution in [0, 0.1) is 34.0 Å². The molecule has 38 heavy (non-hydrogen) atoms. The quantitative estimate of drug-likeness (QED) is 0.239. The molecule has 0 unspecified atom stereocenters. The number of rotatable bonds is 2. The van der Waals surface area contributed by atoms with Crippen molar-refractivity contribution in [2.45, 2.75) is 0 Å². The Labute approximate surface area is 222 Å². The molecular weight excluding hydrogens is 484 g/mol. The molecule has 174 valence electrons. The van der Waals surface area contributed by atoms with Crippen molar-refractivity contribution in [1.29, 1.82) is 15.8 Å². The Bertz CT molecular complexity index is 2230. The number of aromatic nitrogens is 1. The van der Waals surface area contributed by atoms with Gasteiger partial charge in [0.2, 0.25) is 0 Å². The first-order valence-electron chi connectivity index (χ1n) is 12.0. The third kappa shape index (κ3) is 3.12. The summed E-state index contributed by atoms with van der Waals surface area (Å²) in [7, 11) is 0. The zero-order valence-electron chi connectivity index (χ0n) is 19.9. The summed E-state index contributed by atoms with van der Waals surface area (Å²) in [6.45, 7) is 0. The van der Waals surface area contributed by atoms with Gasteiger partial charge in [-0.2, -0.15) is 15.8 Å². The molecule has 7 aromatic rings. The van der Waals surface area contributed by atoms with E-state index in [0.717, 1.165) is 58.8 Å². The SMILES string of the molecule is N#Cc1ccc2sc3ccc(-c4c(C#N)cccc4-n4c5ccccc5c5cc(C#N)ccc54)cc3c2c1. The number of hydrogen-bond donors (Lipinski definition) is 0. The van der Waals surface area contributed by atoms with Crippen LogP contribution in [0.5, 0.6) is 0 Å². The van der Waals surface area contributed by atoms with E-state index in [4.69, 9.17) is 0 Å². The minimum absolute atomic E-state index is 0.582. The number of thiophene rings is 1. The third-order valence-electron chi connectivity index (χ3n) is 7.09. The van der Waals surface area contributed by atoms with Crippen molar-refractivity contribution >= 4 is 53.3 Å². The summed E-state index contributed by atoms with van der Waals surface area (Å²) in [5.41, 5.74) is 6.48. The van der Waals surface area contributed by atoms with Crippen molar-refractivity contribution in [1.82, 2.24) is 4.57 Å². The first kappa shape index (κ1) is 21.8. The summed E-state index contributed by atoms with van der Waals surface area (Å²) < 4.78 is 4.45. The van der Waals surface area contributed by atoms with Gasteiger partial charge in [-0.25, -0.2) is 0 Å². The van der Waals surface area contributed by atoms with Gasteiger partial charge in [0.05, 0.1) is 51.6 Å². The smallest absolute Gasteiger partial charge is 0.0998 e. The van der Waals surface area contributed by atoms with Crippen LogP contribution >= 0.6 is 11.3 Å². The van der Waals surface area contributed by atoms with Crippen LogP contribution in [0.15, 0.2) is 97.1 Å². The van der Waals surface area contributed by atoms with E-state index in [0.29, 0.717) is 16.7 Å². The first-order chi connectivity index (χ1) is 18.7. The normalized spacial score (nSPS) is 11.1. The van der Waals surface area contributed by atoms with E-state index < -0.39 is 0 Å². The van der Waals surface area contributed by atoms with Crippen molar-refractivity contribution < 1.29 is 0 Å². The fourth-order valence-corrected chi connectivity index (χ4v) is 6.49. The fourth-order valence-electron chi connectivity index (χ4n) is 5.43. The molecule has 2 aromatic heterocycles. The van der Waals surface area contributed by atoms with E-state index in [9.17, 15) is 15.8 Å². The summed E-state index contributed by atoms with van der Waals surface area (Å²) in [5, 5.41) is 33.3. The predicted octanol–water partition coefficient (Wildman–Crippen LogP) is 8.43. The molecule has 0 saturated carbocycles. The molecule has 0 bridgehead atoms. The average Bonchev–Trinajstić information content (AvgIpc) is 3.50. The van der Waals surface area contributed by atoms with Gasteiger partial charge < -0.3 is 4.57 Å². The van der Waals surface area contributed by atoms with E-state index in [1.165, 1.54) is 0 Å². The number of nitriles is 3. The van der Waals surface area contributed by atoms with E-state index in [-0.39, 0.29) is 0 Å².